The first-order chi connectivity index (χ1) is 18.0. The van der Waals surface area contributed by atoms with Crippen LogP contribution >= 0.6 is 11.6 Å². The third kappa shape index (κ3) is 7.35. The van der Waals surface area contributed by atoms with E-state index in [1.165, 1.54) is 19.2 Å². The van der Waals surface area contributed by atoms with E-state index in [-0.39, 0.29) is 36.1 Å². The Bertz CT molecular complexity index is 1310. The first kappa shape index (κ1) is 30.8. The summed E-state index contributed by atoms with van der Waals surface area (Å²) in [5.74, 6) is -1.68. The highest BCUT2D eigenvalue weighted by Crippen LogP contribution is 2.44. The molecule has 0 saturated heterocycles. The predicted molar refractivity (Wildman–Crippen MR) is 142 cm³/mol. The normalized spacial score (nSPS) is 15.4. The number of carbonyl (C=O) groups excluding carboxylic acids is 2. The van der Waals surface area contributed by atoms with Crippen LogP contribution in [0.15, 0.2) is 82.2 Å². The molecular formula is C26H31ClN2O8S. The van der Waals surface area contributed by atoms with Crippen molar-refractivity contribution in [2.75, 3.05) is 33.9 Å². The van der Waals surface area contributed by atoms with Crippen LogP contribution in [0.25, 0.3) is 0 Å². The summed E-state index contributed by atoms with van der Waals surface area (Å²) in [7, 11) is -1.01. The van der Waals surface area contributed by atoms with E-state index in [0.29, 0.717) is 21.9 Å². The van der Waals surface area contributed by atoms with Gasteiger partial charge in [0.05, 0.1) is 30.1 Å². The molecule has 2 aromatic carbocycles. The summed E-state index contributed by atoms with van der Waals surface area (Å²) in [6.45, 7) is 4.08. The first-order valence-corrected chi connectivity index (χ1v) is 13.3. The summed E-state index contributed by atoms with van der Waals surface area (Å²) in [6, 6.07) is 14.4. The van der Waals surface area contributed by atoms with Gasteiger partial charge in [-0.2, -0.15) is 8.42 Å². The number of hydrogen-bond donors (Lipinski definition) is 2. The molecule has 12 heteroatoms. The Balaban J connectivity index is 0.000000423. The van der Waals surface area contributed by atoms with Gasteiger partial charge in [-0.25, -0.2) is 9.59 Å². The summed E-state index contributed by atoms with van der Waals surface area (Å²) < 4.78 is 45.3. The number of carbonyl (C=O) groups is 2. The third-order valence-electron chi connectivity index (χ3n) is 5.52. The topological polar surface area (TPSA) is 145 Å². The lowest BCUT2D eigenvalue weighted by Gasteiger charge is -2.36. The molecule has 1 unspecified atom stereocenters. The standard InChI is InChI=1S/C20H25ClN2O5.C6H6O3S/c1-5-27-20(25)17-16(13-8-6-7-9-14(13)21)15(19(24)26-4)12(2)23(3)18(17)28-11-10-22;7-10(8,9)6-4-2-1-3-5-6/h6-9,16H,5,10-11,22H2,1-4H3;1-5H,(H,7,8,9). The Labute approximate surface area is 227 Å². The molecule has 0 fully saturated rings. The zero-order valence-electron chi connectivity index (χ0n) is 21.5. The quantitative estimate of drug-likeness (QED) is 0.359. The number of nitrogens with two attached hydrogens (primary N) is 1. The molecule has 10 nitrogen and oxygen atoms in total. The zero-order valence-corrected chi connectivity index (χ0v) is 23.1. The Kier molecular flexibility index (Phi) is 11.3. The smallest absolute Gasteiger partial charge is 0.340 e. The van der Waals surface area contributed by atoms with Gasteiger partial charge in [0.1, 0.15) is 12.2 Å². The molecule has 0 aromatic heterocycles. The van der Waals surface area contributed by atoms with Gasteiger partial charge in [-0.3, -0.25) is 4.55 Å². The number of esters is 2. The second-order valence-corrected chi connectivity index (χ2v) is 9.70. The number of allylic oxidation sites excluding steroid dienone is 1. The molecule has 0 amide bonds. The largest absolute Gasteiger partial charge is 0.477 e. The lowest BCUT2D eigenvalue weighted by Crippen LogP contribution is -2.35. The maximum absolute atomic E-state index is 12.9. The van der Waals surface area contributed by atoms with Crippen LogP contribution in [0.1, 0.15) is 25.3 Å². The van der Waals surface area contributed by atoms with Crippen LogP contribution < -0.4 is 5.73 Å². The van der Waals surface area contributed by atoms with E-state index >= 15 is 0 Å². The van der Waals surface area contributed by atoms with Crippen molar-refractivity contribution in [1.29, 1.82) is 0 Å². The van der Waals surface area contributed by atoms with Crippen molar-refractivity contribution in [3.8, 4) is 0 Å². The third-order valence-corrected chi connectivity index (χ3v) is 6.73. The number of benzene rings is 2. The number of rotatable bonds is 8. The predicted octanol–water partition coefficient (Wildman–Crippen LogP) is 3.50. The van der Waals surface area contributed by atoms with Crippen molar-refractivity contribution in [3.63, 3.8) is 0 Å². The van der Waals surface area contributed by atoms with Crippen molar-refractivity contribution in [3.05, 3.63) is 87.9 Å². The summed E-state index contributed by atoms with van der Waals surface area (Å²) in [6.07, 6.45) is 0. The van der Waals surface area contributed by atoms with E-state index in [1.807, 2.05) is 0 Å². The fraction of sp³-hybridized carbons (Fsp3) is 0.308. The summed E-state index contributed by atoms with van der Waals surface area (Å²) >= 11 is 6.43. The van der Waals surface area contributed by atoms with E-state index in [1.54, 1.807) is 68.3 Å². The molecule has 1 aliphatic rings. The molecule has 0 saturated carbocycles. The molecular weight excluding hydrogens is 536 g/mol. The molecule has 0 bridgehead atoms. The molecule has 1 heterocycles. The van der Waals surface area contributed by atoms with Crippen molar-refractivity contribution in [1.82, 2.24) is 4.90 Å². The highest BCUT2D eigenvalue weighted by atomic mass is 35.5. The van der Waals surface area contributed by atoms with Crippen LogP contribution in [0.3, 0.4) is 0 Å². The van der Waals surface area contributed by atoms with Gasteiger partial charge in [0.25, 0.3) is 10.1 Å². The molecule has 206 valence electrons. The van der Waals surface area contributed by atoms with Gasteiger partial charge >= 0.3 is 11.9 Å². The fourth-order valence-corrected chi connectivity index (χ4v) is 4.47. The van der Waals surface area contributed by atoms with Crippen LogP contribution in [0, 0.1) is 0 Å². The van der Waals surface area contributed by atoms with Gasteiger partial charge in [0.15, 0.2) is 0 Å². The van der Waals surface area contributed by atoms with Crippen molar-refractivity contribution >= 4 is 33.7 Å². The molecule has 0 aliphatic carbocycles. The number of nitrogens with zero attached hydrogens (tertiary/aromatic N) is 1. The highest BCUT2D eigenvalue weighted by molar-refractivity contribution is 7.85. The van der Waals surface area contributed by atoms with Gasteiger partial charge in [-0.05, 0) is 37.6 Å². The van der Waals surface area contributed by atoms with E-state index in [4.69, 9.17) is 36.1 Å². The summed E-state index contributed by atoms with van der Waals surface area (Å²) in [5.41, 5.74) is 7.21. The summed E-state index contributed by atoms with van der Waals surface area (Å²) in [4.78, 5) is 27.2. The second kappa shape index (κ2) is 14.0. The molecule has 38 heavy (non-hydrogen) atoms. The number of halogens is 1. The van der Waals surface area contributed by atoms with Gasteiger partial charge in [-0.15, -0.1) is 0 Å². The van der Waals surface area contributed by atoms with Gasteiger partial charge < -0.3 is 24.8 Å². The lowest BCUT2D eigenvalue weighted by molar-refractivity contribution is -0.139. The van der Waals surface area contributed by atoms with E-state index in [0.717, 1.165) is 0 Å². The van der Waals surface area contributed by atoms with Crippen LogP contribution in [-0.2, 0) is 33.9 Å². The second-order valence-electron chi connectivity index (χ2n) is 7.87. The van der Waals surface area contributed by atoms with Crippen molar-refractivity contribution in [2.24, 2.45) is 5.73 Å². The maximum atomic E-state index is 12.9. The average molecular weight is 567 g/mol. The minimum Gasteiger partial charge on any atom is -0.477 e. The van der Waals surface area contributed by atoms with E-state index in [2.05, 4.69) is 0 Å². The number of methoxy groups -OCH3 is 1. The van der Waals surface area contributed by atoms with E-state index in [9.17, 15) is 18.0 Å². The SMILES string of the molecule is CCOC(=O)C1=C(OCCN)N(C)C(C)=C(C(=O)OC)C1c1ccccc1Cl.O=S(=O)(O)c1ccccc1. The lowest BCUT2D eigenvalue weighted by atomic mass is 9.81. The molecule has 3 N–H and O–H groups in total. The van der Waals surface area contributed by atoms with Crippen molar-refractivity contribution in [2.45, 2.75) is 24.7 Å². The van der Waals surface area contributed by atoms with Gasteiger partial charge in [-0.1, -0.05) is 48.0 Å². The minimum atomic E-state index is -4.00. The Hall–Kier alpha value is -3.38. The van der Waals surface area contributed by atoms with Crippen molar-refractivity contribution < 1.29 is 36.8 Å². The van der Waals surface area contributed by atoms with Crippen LogP contribution in [0.5, 0.6) is 0 Å². The Morgan fingerprint density at radius 3 is 2.16 bits per heavy atom. The first-order valence-electron chi connectivity index (χ1n) is 11.5. The highest BCUT2D eigenvalue weighted by Gasteiger charge is 2.42. The summed E-state index contributed by atoms with van der Waals surface area (Å²) in [5, 5.41) is 0.409. The Morgan fingerprint density at radius 1 is 1.05 bits per heavy atom. The van der Waals surface area contributed by atoms with Gasteiger partial charge in [0, 0.05) is 24.3 Å². The number of ether oxygens (including phenoxy) is 3. The molecule has 0 spiro atoms. The van der Waals surface area contributed by atoms with Gasteiger partial charge in [0.2, 0.25) is 5.88 Å². The molecule has 0 radical (unpaired) electrons. The molecule has 3 rings (SSSR count). The molecule has 2 aromatic rings. The molecule has 1 atom stereocenters. The van der Waals surface area contributed by atoms with Crippen LogP contribution in [0.2, 0.25) is 5.02 Å². The fourth-order valence-electron chi connectivity index (χ4n) is 3.72. The number of hydrogen-bond acceptors (Lipinski definition) is 9. The monoisotopic (exact) mass is 566 g/mol. The van der Waals surface area contributed by atoms with E-state index < -0.39 is 28.0 Å². The molecule has 1 aliphatic heterocycles. The minimum absolute atomic E-state index is 0.0741. The maximum Gasteiger partial charge on any atom is 0.340 e. The Morgan fingerprint density at radius 2 is 1.66 bits per heavy atom. The van der Waals surface area contributed by atoms with Crippen LogP contribution in [-0.4, -0.2) is 63.7 Å². The zero-order chi connectivity index (χ0) is 28.5. The average Bonchev–Trinajstić information content (AvgIpc) is 2.89. The van der Waals surface area contributed by atoms with Crippen LogP contribution in [0.4, 0.5) is 0 Å².